The molecule has 0 radical (unpaired) electrons. The Hall–Kier alpha value is -2.34. The topological polar surface area (TPSA) is 0 Å². The Kier molecular flexibility index (Phi) is 3.67. The molecule has 132 valence electrons. The van der Waals surface area contributed by atoms with E-state index in [0.29, 0.717) is 0 Å². The molecule has 0 aliphatic heterocycles. The number of hydrogen-bond acceptors (Lipinski definition) is 0. The molecular formula is C26H28. The van der Waals surface area contributed by atoms with Crippen LogP contribution in [0.25, 0.3) is 33.4 Å². The van der Waals surface area contributed by atoms with Gasteiger partial charge in [-0.1, -0.05) is 102 Å². The first-order valence-electron chi connectivity index (χ1n) is 9.57. The molecule has 1 aliphatic carbocycles. The van der Waals surface area contributed by atoms with Crippen molar-refractivity contribution in [3.05, 3.63) is 71.8 Å². The van der Waals surface area contributed by atoms with E-state index >= 15 is 0 Å². The minimum absolute atomic E-state index is 0.0880. The Morgan fingerprint density at radius 2 is 0.962 bits per heavy atom. The lowest BCUT2D eigenvalue weighted by Gasteiger charge is -2.38. The maximum Gasteiger partial charge on any atom is -0.00144 e. The van der Waals surface area contributed by atoms with E-state index in [-0.39, 0.29) is 10.8 Å². The van der Waals surface area contributed by atoms with E-state index in [1.54, 1.807) is 0 Å². The molecule has 3 aromatic rings. The Balaban J connectivity index is 2.14. The third kappa shape index (κ3) is 2.51. The van der Waals surface area contributed by atoms with Gasteiger partial charge in [-0.3, -0.25) is 0 Å². The Bertz CT molecular complexity index is 977. The maximum atomic E-state index is 2.48. The van der Waals surface area contributed by atoms with Crippen LogP contribution in [-0.2, 0) is 10.8 Å². The standard InChI is InChI=1S/C26H28/c1-25(2,3)20-16-21(26(4,5)6)23-18-14-10-11-15-19(18)24(23)22(20)17-12-8-7-9-13-17/h7-16H,1-6H3. The molecule has 0 aromatic heterocycles. The SMILES string of the molecule is CC(C)(C)c1cc(C(C)(C)C)c2c(c1-c1ccccc1)-c1ccccc1-2. The fourth-order valence-corrected chi connectivity index (χ4v) is 4.18. The second-order valence-corrected chi connectivity index (χ2v) is 9.51. The van der Waals surface area contributed by atoms with Crippen molar-refractivity contribution in [1.82, 2.24) is 0 Å². The second kappa shape index (κ2) is 5.58. The van der Waals surface area contributed by atoms with Gasteiger partial charge in [0.1, 0.15) is 0 Å². The van der Waals surface area contributed by atoms with Crippen LogP contribution in [0.15, 0.2) is 60.7 Å². The molecule has 0 unspecified atom stereocenters. The molecule has 26 heavy (non-hydrogen) atoms. The summed E-state index contributed by atoms with van der Waals surface area (Å²) in [7, 11) is 0. The molecule has 3 aromatic carbocycles. The van der Waals surface area contributed by atoms with E-state index < -0.39 is 0 Å². The first-order chi connectivity index (χ1) is 12.2. The maximum absolute atomic E-state index is 2.48. The van der Waals surface area contributed by atoms with Crippen molar-refractivity contribution in [3.8, 4) is 33.4 Å². The summed E-state index contributed by atoms with van der Waals surface area (Å²) in [6.45, 7) is 14.0. The molecule has 0 nitrogen and oxygen atoms in total. The molecular weight excluding hydrogens is 312 g/mol. The van der Waals surface area contributed by atoms with Gasteiger partial charge >= 0.3 is 0 Å². The first kappa shape index (κ1) is 17.1. The summed E-state index contributed by atoms with van der Waals surface area (Å²) >= 11 is 0. The van der Waals surface area contributed by atoms with Crippen LogP contribution in [0.1, 0.15) is 52.7 Å². The molecule has 0 spiro atoms. The zero-order valence-corrected chi connectivity index (χ0v) is 16.8. The second-order valence-electron chi connectivity index (χ2n) is 9.51. The van der Waals surface area contributed by atoms with Gasteiger partial charge in [0.2, 0.25) is 0 Å². The fraction of sp³-hybridized carbons (Fsp3) is 0.308. The van der Waals surface area contributed by atoms with Crippen LogP contribution < -0.4 is 0 Å². The van der Waals surface area contributed by atoms with Crippen molar-refractivity contribution in [1.29, 1.82) is 0 Å². The Labute approximate surface area is 157 Å². The van der Waals surface area contributed by atoms with Crippen molar-refractivity contribution in [2.45, 2.75) is 52.4 Å². The summed E-state index contributed by atoms with van der Waals surface area (Å²) in [4.78, 5) is 0. The highest BCUT2D eigenvalue weighted by molar-refractivity contribution is 6.11. The van der Waals surface area contributed by atoms with E-state index in [2.05, 4.69) is 102 Å². The monoisotopic (exact) mass is 340 g/mol. The van der Waals surface area contributed by atoms with Crippen molar-refractivity contribution < 1.29 is 0 Å². The van der Waals surface area contributed by atoms with E-state index in [0.717, 1.165) is 0 Å². The van der Waals surface area contributed by atoms with Crippen LogP contribution in [0.3, 0.4) is 0 Å². The summed E-state index contributed by atoms with van der Waals surface area (Å²) in [6.07, 6.45) is 0. The van der Waals surface area contributed by atoms with Crippen LogP contribution in [0.2, 0.25) is 0 Å². The molecule has 0 heterocycles. The van der Waals surface area contributed by atoms with E-state index in [9.17, 15) is 0 Å². The van der Waals surface area contributed by atoms with Crippen molar-refractivity contribution in [2.24, 2.45) is 0 Å². The summed E-state index contributed by atoms with van der Waals surface area (Å²) in [5.74, 6) is 0. The highest BCUT2D eigenvalue weighted by Gasteiger charge is 2.35. The van der Waals surface area contributed by atoms with Crippen LogP contribution >= 0.6 is 0 Å². The van der Waals surface area contributed by atoms with Gasteiger partial charge in [-0.15, -0.1) is 0 Å². The first-order valence-corrected chi connectivity index (χ1v) is 9.57. The molecule has 1 aliphatic rings. The lowest BCUT2D eigenvalue weighted by atomic mass is 9.65. The molecule has 4 rings (SSSR count). The molecule has 0 N–H and O–H groups in total. The zero-order valence-electron chi connectivity index (χ0n) is 16.8. The average Bonchev–Trinajstić information content (AvgIpc) is 2.57. The quantitative estimate of drug-likeness (QED) is 0.335. The van der Waals surface area contributed by atoms with Crippen LogP contribution in [0.5, 0.6) is 0 Å². The highest BCUT2D eigenvalue weighted by Crippen LogP contribution is 2.57. The lowest BCUT2D eigenvalue weighted by molar-refractivity contribution is 0.571. The predicted octanol–water partition coefficient (Wildman–Crippen LogP) is 7.60. The van der Waals surface area contributed by atoms with Gasteiger partial charge in [0, 0.05) is 0 Å². The summed E-state index contributed by atoms with van der Waals surface area (Å²) in [5, 5.41) is 0. The van der Waals surface area contributed by atoms with Crippen molar-refractivity contribution in [2.75, 3.05) is 0 Å². The normalized spacial score (nSPS) is 13.0. The Morgan fingerprint density at radius 1 is 0.500 bits per heavy atom. The predicted molar refractivity (Wildman–Crippen MR) is 114 cm³/mol. The van der Waals surface area contributed by atoms with Gasteiger partial charge in [0.15, 0.2) is 0 Å². The molecule has 0 saturated carbocycles. The van der Waals surface area contributed by atoms with Crippen LogP contribution in [0, 0.1) is 0 Å². The fourth-order valence-electron chi connectivity index (χ4n) is 4.18. The lowest BCUT2D eigenvalue weighted by Crippen LogP contribution is -2.22. The smallest absolute Gasteiger partial charge is 0.00144 e. The third-order valence-electron chi connectivity index (χ3n) is 5.47. The minimum atomic E-state index is 0.0880. The third-order valence-corrected chi connectivity index (χ3v) is 5.47. The van der Waals surface area contributed by atoms with Gasteiger partial charge in [0.05, 0.1) is 0 Å². The largest absolute Gasteiger partial charge is 0.0622 e. The summed E-state index contributed by atoms with van der Waals surface area (Å²) in [6, 6.07) is 22.3. The zero-order chi connectivity index (χ0) is 18.7. The number of fused-ring (bicyclic) bond motifs is 4. The molecule has 0 bridgehead atoms. The van der Waals surface area contributed by atoms with Crippen LogP contribution in [0.4, 0.5) is 0 Å². The molecule has 0 fully saturated rings. The molecule has 0 saturated heterocycles. The highest BCUT2D eigenvalue weighted by atomic mass is 14.4. The van der Waals surface area contributed by atoms with Crippen molar-refractivity contribution in [3.63, 3.8) is 0 Å². The molecule has 0 amide bonds. The molecule has 0 atom stereocenters. The minimum Gasteiger partial charge on any atom is -0.0622 e. The number of benzene rings is 3. The number of hydrogen-bond donors (Lipinski definition) is 0. The van der Waals surface area contributed by atoms with Gasteiger partial charge in [-0.05, 0) is 55.3 Å². The number of rotatable bonds is 1. The van der Waals surface area contributed by atoms with Gasteiger partial charge < -0.3 is 0 Å². The summed E-state index contributed by atoms with van der Waals surface area (Å²) in [5.41, 5.74) is 11.6. The van der Waals surface area contributed by atoms with Gasteiger partial charge in [-0.25, -0.2) is 0 Å². The molecule has 0 heteroatoms. The van der Waals surface area contributed by atoms with E-state index in [4.69, 9.17) is 0 Å². The Morgan fingerprint density at radius 3 is 1.50 bits per heavy atom. The average molecular weight is 341 g/mol. The van der Waals surface area contributed by atoms with E-state index in [1.165, 1.54) is 44.5 Å². The van der Waals surface area contributed by atoms with Crippen LogP contribution in [-0.4, -0.2) is 0 Å². The summed E-state index contributed by atoms with van der Waals surface area (Å²) < 4.78 is 0. The van der Waals surface area contributed by atoms with Gasteiger partial charge in [-0.2, -0.15) is 0 Å². The van der Waals surface area contributed by atoms with Gasteiger partial charge in [0.25, 0.3) is 0 Å². The van der Waals surface area contributed by atoms with Crippen molar-refractivity contribution >= 4 is 0 Å². The van der Waals surface area contributed by atoms with E-state index in [1.807, 2.05) is 0 Å².